The topological polar surface area (TPSA) is 93.7 Å². The van der Waals surface area contributed by atoms with Gasteiger partial charge in [0, 0.05) is 24.0 Å². The van der Waals surface area contributed by atoms with Crippen LogP contribution >= 0.6 is 0 Å². The zero-order chi connectivity index (χ0) is 19.4. The minimum atomic E-state index is -0.484. The smallest absolute Gasteiger partial charge is 0.269 e. The quantitative estimate of drug-likeness (QED) is 0.625. The van der Waals surface area contributed by atoms with E-state index in [1.165, 1.54) is 6.07 Å². The molecule has 0 aliphatic carbocycles. The van der Waals surface area contributed by atoms with Crippen molar-refractivity contribution in [2.45, 2.75) is 26.7 Å². The Kier molecular flexibility index (Phi) is 5.40. The second-order valence-electron chi connectivity index (χ2n) is 6.29. The summed E-state index contributed by atoms with van der Waals surface area (Å²) >= 11 is 0. The number of ketones is 1. The Morgan fingerprint density at radius 2 is 1.59 bits per heavy atom. The fourth-order valence-corrected chi connectivity index (χ4v) is 2.59. The van der Waals surface area contributed by atoms with Crippen LogP contribution in [0.4, 0.5) is 0 Å². The van der Waals surface area contributed by atoms with Gasteiger partial charge >= 0.3 is 0 Å². The van der Waals surface area contributed by atoms with Crippen molar-refractivity contribution in [2.75, 3.05) is 6.79 Å². The first-order valence-corrected chi connectivity index (χ1v) is 8.53. The van der Waals surface area contributed by atoms with Crippen molar-refractivity contribution in [3.63, 3.8) is 0 Å². The SMILES string of the molecule is Cc1ccc(C(=O)CCC(=O)NNC(=O)c2ccc3c(c2)OCO3)cc1C. The molecule has 0 atom stereocenters. The van der Waals surface area contributed by atoms with Crippen molar-refractivity contribution in [3.05, 3.63) is 58.7 Å². The van der Waals surface area contributed by atoms with E-state index in [2.05, 4.69) is 10.9 Å². The molecule has 1 aliphatic rings. The third kappa shape index (κ3) is 4.44. The Bertz CT molecular complexity index is 907. The highest BCUT2D eigenvalue weighted by Crippen LogP contribution is 2.32. The molecule has 2 N–H and O–H groups in total. The lowest BCUT2D eigenvalue weighted by Gasteiger charge is -2.08. The van der Waals surface area contributed by atoms with Gasteiger partial charge in [0.15, 0.2) is 17.3 Å². The summed E-state index contributed by atoms with van der Waals surface area (Å²) in [4.78, 5) is 36.2. The highest BCUT2D eigenvalue weighted by atomic mass is 16.7. The number of hydrogen-bond acceptors (Lipinski definition) is 5. The minimum absolute atomic E-state index is 0.0207. The number of Topliss-reactive ketones (excluding diaryl/α,β-unsaturated/α-hetero) is 1. The molecule has 27 heavy (non-hydrogen) atoms. The van der Waals surface area contributed by atoms with E-state index in [4.69, 9.17) is 9.47 Å². The van der Waals surface area contributed by atoms with Gasteiger partial charge in [-0.3, -0.25) is 25.2 Å². The number of hydrogen-bond donors (Lipinski definition) is 2. The van der Waals surface area contributed by atoms with Crippen LogP contribution in [0.1, 0.15) is 44.7 Å². The first-order chi connectivity index (χ1) is 12.9. The Morgan fingerprint density at radius 3 is 2.37 bits per heavy atom. The first kappa shape index (κ1) is 18.4. The molecule has 0 saturated carbocycles. The van der Waals surface area contributed by atoms with E-state index in [0.29, 0.717) is 22.6 Å². The number of carbonyl (C=O) groups is 3. The average Bonchev–Trinajstić information content (AvgIpc) is 3.14. The maximum atomic E-state index is 12.2. The van der Waals surface area contributed by atoms with Gasteiger partial charge in [-0.2, -0.15) is 0 Å². The number of nitrogens with one attached hydrogen (secondary N) is 2. The van der Waals surface area contributed by atoms with Gasteiger partial charge in [-0.15, -0.1) is 0 Å². The lowest BCUT2D eigenvalue weighted by molar-refractivity contribution is -0.121. The zero-order valence-electron chi connectivity index (χ0n) is 15.1. The molecule has 1 heterocycles. The van der Waals surface area contributed by atoms with E-state index in [9.17, 15) is 14.4 Å². The zero-order valence-corrected chi connectivity index (χ0v) is 15.1. The van der Waals surface area contributed by atoms with Gasteiger partial charge in [0.2, 0.25) is 12.7 Å². The fraction of sp³-hybridized carbons (Fsp3) is 0.250. The van der Waals surface area contributed by atoms with E-state index in [1.807, 2.05) is 26.0 Å². The third-order valence-electron chi connectivity index (χ3n) is 4.36. The van der Waals surface area contributed by atoms with Crippen molar-refractivity contribution in [1.29, 1.82) is 0 Å². The summed E-state index contributed by atoms with van der Waals surface area (Å²) in [5.74, 6) is 0.00663. The molecule has 0 fully saturated rings. The predicted molar refractivity (Wildman–Crippen MR) is 97.7 cm³/mol. The summed E-state index contributed by atoms with van der Waals surface area (Å²) in [5.41, 5.74) is 7.68. The Hall–Kier alpha value is -3.35. The second-order valence-corrected chi connectivity index (χ2v) is 6.29. The summed E-state index contributed by atoms with van der Waals surface area (Å²) in [6, 6.07) is 10.2. The molecule has 0 bridgehead atoms. The Morgan fingerprint density at radius 1 is 0.852 bits per heavy atom. The molecule has 1 aliphatic heterocycles. The molecule has 140 valence electrons. The maximum Gasteiger partial charge on any atom is 0.269 e. The number of ether oxygens (including phenoxy) is 2. The highest BCUT2D eigenvalue weighted by Gasteiger charge is 2.17. The monoisotopic (exact) mass is 368 g/mol. The van der Waals surface area contributed by atoms with Crippen molar-refractivity contribution < 1.29 is 23.9 Å². The highest BCUT2D eigenvalue weighted by molar-refractivity contribution is 5.99. The molecule has 3 rings (SSSR count). The van der Waals surface area contributed by atoms with Gasteiger partial charge in [0.05, 0.1) is 0 Å². The summed E-state index contributed by atoms with van der Waals surface area (Å²) in [6.07, 6.45) is 0.0431. The molecule has 2 aromatic rings. The Balaban J connectivity index is 1.47. The van der Waals surface area contributed by atoms with Gasteiger partial charge in [-0.25, -0.2) is 0 Å². The molecule has 0 radical (unpaired) electrons. The number of fused-ring (bicyclic) bond motifs is 1. The van der Waals surface area contributed by atoms with Crippen molar-refractivity contribution in [2.24, 2.45) is 0 Å². The lowest BCUT2D eigenvalue weighted by atomic mass is 10.0. The normalized spacial score (nSPS) is 11.8. The number of amides is 2. The molecule has 2 amide bonds. The molecule has 0 spiro atoms. The Labute approximate surface area is 156 Å². The summed E-state index contributed by atoms with van der Waals surface area (Å²) in [7, 11) is 0. The standard InChI is InChI=1S/C20H20N2O5/c1-12-3-4-14(9-13(12)2)16(23)6-8-19(24)21-22-20(25)15-5-7-17-18(10-15)27-11-26-17/h3-5,7,9-10H,6,8,11H2,1-2H3,(H,21,24)(H,22,25). The summed E-state index contributed by atoms with van der Waals surface area (Å²) in [5, 5.41) is 0. The van der Waals surface area contributed by atoms with Crippen molar-refractivity contribution in [3.8, 4) is 11.5 Å². The first-order valence-electron chi connectivity index (χ1n) is 8.53. The van der Waals surface area contributed by atoms with Crippen LogP contribution in [0.15, 0.2) is 36.4 Å². The average molecular weight is 368 g/mol. The third-order valence-corrected chi connectivity index (χ3v) is 4.36. The van der Waals surface area contributed by atoms with Crippen molar-refractivity contribution in [1.82, 2.24) is 10.9 Å². The number of carbonyl (C=O) groups excluding carboxylic acids is 3. The van der Waals surface area contributed by atoms with E-state index in [1.54, 1.807) is 18.2 Å². The van der Waals surface area contributed by atoms with Crippen LogP contribution in [-0.4, -0.2) is 24.4 Å². The van der Waals surface area contributed by atoms with Gasteiger partial charge in [-0.05, 0) is 49.2 Å². The van der Waals surface area contributed by atoms with Crippen molar-refractivity contribution >= 4 is 17.6 Å². The van der Waals surface area contributed by atoms with Gasteiger partial charge in [0.1, 0.15) is 0 Å². The predicted octanol–water partition coefficient (Wildman–Crippen LogP) is 2.46. The van der Waals surface area contributed by atoms with Gasteiger partial charge < -0.3 is 9.47 Å². The molecule has 2 aromatic carbocycles. The molecule has 0 saturated heterocycles. The summed E-state index contributed by atoms with van der Waals surface area (Å²) in [6.45, 7) is 4.02. The van der Waals surface area contributed by atoms with E-state index in [0.717, 1.165) is 11.1 Å². The largest absolute Gasteiger partial charge is 0.454 e. The molecule has 7 nitrogen and oxygen atoms in total. The minimum Gasteiger partial charge on any atom is -0.454 e. The number of rotatable bonds is 5. The second kappa shape index (κ2) is 7.90. The van der Waals surface area contributed by atoms with Crippen LogP contribution in [-0.2, 0) is 4.79 Å². The van der Waals surface area contributed by atoms with Gasteiger partial charge in [0.25, 0.3) is 5.91 Å². The molecular weight excluding hydrogens is 348 g/mol. The maximum absolute atomic E-state index is 12.2. The molecular formula is C20H20N2O5. The number of hydrazine groups is 1. The van der Waals surface area contributed by atoms with Crippen LogP contribution in [0.3, 0.4) is 0 Å². The van der Waals surface area contributed by atoms with Gasteiger partial charge in [-0.1, -0.05) is 12.1 Å². The summed E-state index contributed by atoms with van der Waals surface area (Å²) < 4.78 is 10.4. The lowest BCUT2D eigenvalue weighted by Crippen LogP contribution is -2.41. The molecule has 7 heteroatoms. The van der Waals surface area contributed by atoms with E-state index in [-0.39, 0.29) is 25.4 Å². The number of aryl methyl sites for hydroxylation is 2. The van der Waals surface area contributed by atoms with Crippen LogP contribution < -0.4 is 20.3 Å². The molecule has 0 aromatic heterocycles. The fourth-order valence-electron chi connectivity index (χ4n) is 2.59. The van der Waals surface area contributed by atoms with E-state index < -0.39 is 11.8 Å². The van der Waals surface area contributed by atoms with Crippen LogP contribution in [0, 0.1) is 13.8 Å². The number of benzene rings is 2. The van der Waals surface area contributed by atoms with Crippen LogP contribution in [0.2, 0.25) is 0 Å². The van der Waals surface area contributed by atoms with Crippen LogP contribution in [0.5, 0.6) is 11.5 Å². The molecule has 0 unspecified atom stereocenters. The van der Waals surface area contributed by atoms with Crippen LogP contribution in [0.25, 0.3) is 0 Å². The van der Waals surface area contributed by atoms with E-state index >= 15 is 0 Å².